The minimum absolute atomic E-state index is 0.0488. The minimum atomic E-state index is -3.64. The van der Waals surface area contributed by atoms with E-state index in [1.807, 2.05) is 6.07 Å². The number of hydrogen-bond acceptors (Lipinski definition) is 4. The number of carbonyl (C=O) groups is 1. The lowest BCUT2D eigenvalue weighted by Crippen LogP contribution is -2.37. The number of nitrogens with zero attached hydrogens (tertiary/aromatic N) is 1. The zero-order valence-corrected chi connectivity index (χ0v) is 16.8. The van der Waals surface area contributed by atoms with Crippen molar-refractivity contribution in [3.8, 4) is 0 Å². The van der Waals surface area contributed by atoms with Gasteiger partial charge in [0.2, 0.25) is 10.0 Å². The van der Waals surface area contributed by atoms with Crippen LogP contribution in [0, 0.1) is 0 Å². The van der Waals surface area contributed by atoms with E-state index >= 15 is 0 Å². The summed E-state index contributed by atoms with van der Waals surface area (Å²) in [5.74, 6) is -0.269. The number of fused-ring (bicyclic) bond motifs is 1. The van der Waals surface area contributed by atoms with Crippen LogP contribution in [0.25, 0.3) is 0 Å². The molecule has 1 unspecified atom stereocenters. The Balaban J connectivity index is 1.53. The van der Waals surface area contributed by atoms with Gasteiger partial charge in [-0.05, 0) is 48.6 Å². The van der Waals surface area contributed by atoms with E-state index in [4.69, 9.17) is 16.3 Å². The van der Waals surface area contributed by atoms with Gasteiger partial charge < -0.3 is 9.64 Å². The molecule has 0 bridgehead atoms. The summed E-state index contributed by atoms with van der Waals surface area (Å²) in [5, 5.41) is 0.412. The van der Waals surface area contributed by atoms with E-state index in [2.05, 4.69) is 4.72 Å². The second-order valence-electron chi connectivity index (χ2n) is 7.04. The Labute approximate surface area is 169 Å². The molecule has 1 atom stereocenters. The van der Waals surface area contributed by atoms with Crippen LogP contribution in [0.3, 0.4) is 0 Å². The van der Waals surface area contributed by atoms with Crippen molar-refractivity contribution in [3.05, 3.63) is 58.6 Å². The average molecular weight is 421 g/mol. The van der Waals surface area contributed by atoms with Gasteiger partial charge in [0.15, 0.2) is 0 Å². The molecule has 1 N–H and O–H groups in total. The smallest absolute Gasteiger partial charge is 0.256 e. The van der Waals surface area contributed by atoms with Crippen molar-refractivity contribution in [3.63, 3.8) is 0 Å². The van der Waals surface area contributed by atoms with Gasteiger partial charge in [-0.15, -0.1) is 0 Å². The van der Waals surface area contributed by atoms with E-state index in [-0.39, 0.29) is 11.7 Å². The van der Waals surface area contributed by atoms with Crippen LogP contribution in [0.4, 0.5) is 11.4 Å². The Morgan fingerprint density at radius 1 is 1.25 bits per heavy atom. The van der Waals surface area contributed by atoms with Gasteiger partial charge in [-0.2, -0.15) is 0 Å². The van der Waals surface area contributed by atoms with Gasteiger partial charge in [0.25, 0.3) is 5.91 Å². The van der Waals surface area contributed by atoms with E-state index < -0.39 is 16.1 Å². The zero-order valence-electron chi connectivity index (χ0n) is 15.2. The topological polar surface area (TPSA) is 75.7 Å². The highest BCUT2D eigenvalue weighted by atomic mass is 35.5. The maximum absolute atomic E-state index is 12.7. The highest BCUT2D eigenvalue weighted by Gasteiger charge is 2.33. The Kier molecular flexibility index (Phi) is 5.31. The summed E-state index contributed by atoms with van der Waals surface area (Å²) >= 11 is 6.08. The highest BCUT2D eigenvalue weighted by Crippen LogP contribution is 2.33. The molecule has 0 spiro atoms. The first-order chi connectivity index (χ1) is 13.4. The monoisotopic (exact) mass is 420 g/mol. The van der Waals surface area contributed by atoms with Gasteiger partial charge >= 0.3 is 0 Å². The summed E-state index contributed by atoms with van der Waals surface area (Å²) in [6.45, 7) is 1.20. The summed E-state index contributed by atoms with van der Waals surface area (Å²) in [5.41, 5.74) is 2.74. The third-order valence-corrected chi connectivity index (χ3v) is 6.64. The molecule has 148 valence electrons. The molecule has 2 aliphatic heterocycles. The number of sulfonamides is 1. The molecule has 1 amide bonds. The van der Waals surface area contributed by atoms with E-state index in [0.717, 1.165) is 30.5 Å². The van der Waals surface area contributed by atoms with Crippen molar-refractivity contribution in [2.45, 2.75) is 31.1 Å². The third-order valence-electron chi connectivity index (χ3n) is 5.03. The summed E-state index contributed by atoms with van der Waals surface area (Å²) in [4.78, 5) is 14.4. The highest BCUT2D eigenvalue weighted by molar-refractivity contribution is 7.91. The zero-order chi connectivity index (χ0) is 19.7. The fraction of sp³-hybridized carbons (Fsp3) is 0.350. The predicted molar refractivity (Wildman–Crippen MR) is 109 cm³/mol. The first kappa shape index (κ1) is 19.2. The third kappa shape index (κ3) is 4.01. The maximum Gasteiger partial charge on any atom is 0.256 e. The van der Waals surface area contributed by atoms with Gasteiger partial charge in [-0.3, -0.25) is 9.52 Å². The van der Waals surface area contributed by atoms with Crippen molar-refractivity contribution in [2.24, 2.45) is 0 Å². The number of ether oxygens (including phenoxy) is 1. The molecule has 0 saturated carbocycles. The number of benzene rings is 2. The molecule has 2 heterocycles. The SMILES string of the molecule is O=C(C1CCCO1)N1CCc2ccc(NS(=O)(=O)Cc3ccccc3Cl)cc21. The normalized spacial score (nSPS) is 18.9. The van der Waals surface area contributed by atoms with Crippen LogP contribution in [0.5, 0.6) is 0 Å². The van der Waals surface area contributed by atoms with Gasteiger partial charge in [0.1, 0.15) is 6.10 Å². The van der Waals surface area contributed by atoms with Crippen molar-refractivity contribution in [1.82, 2.24) is 0 Å². The average Bonchev–Trinajstić information content (AvgIpc) is 3.32. The molecule has 0 aliphatic carbocycles. The molecule has 4 rings (SSSR count). The molecule has 1 saturated heterocycles. The van der Waals surface area contributed by atoms with Crippen LogP contribution in [-0.2, 0) is 31.7 Å². The van der Waals surface area contributed by atoms with Gasteiger partial charge in [0.05, 0.1) is 11.4 Å². The Bertz CT molecular complexity index is 1000. The first-order valence-electron chi connectivity index (χ1n) is 9.23. The number of halogens is 1. The molecule has 2 aromatic carbocycles. The molecule has 6 nitrogen and oxygen atoms in total. The van der Waals surface area contributed by atoms with Crippen LogP contribution in [0.2, 0.25) is 5.02 Å². The van der Waals surface area contributed by atoms with E-state index in [9.17, 15) is 13.2 Å². The lowest BCUT2D eigenvalue weighted by atomic mass is 10.1. The van der Waals surface area contributed by atoms with Gasteiger partial charge in [0, 0.05) is 23.9 Å². The molecular formula is C20H21ClN2O4S. The minimum Gasteiger partial charge on any atom is -0.368 e. The Morgan fingerprint density at radius 3 is 2.82 bits per heavy atom. The number of amides is 1. The molecule has 0 aromatic heterocycles. The summed E-state index contributed by atoms with van der Waals surface area (Å²) in [6, 6.07) is 12.2. The maximum atomic E-state index is 12.7. The number of anilines is 2. The van der Waals surface area contributed by atoms with Gasteiger partial charge in [-0.1, -0.05) is 35.9 Å². The summed E-state index contributed by atoms with van der Waals surface area (Å²) in [7, 11) is -3.64. The number of carbonyl (C=O) groups excluding carboxylic acids is 1. The predicted octanol–water partition coefficient (Wildman–Crippen LogP) is 3.35. The lowest BCUT2D eigenvalue weighted by molar-refractivity contribution is -0.127. The number of nitrogens with one attached hydrogen (secondary N) is 1. The largest absolute Gasteiger partial charge is 0.368 e. The second-order valence-corrected chi connectivity index (χ2v) is 9.17. The van der Waals surface area contributed by atoms with Crippen molar-refractivity contribution in [2.75, 3.05) is 22.8 Å². The van der Waals surface area contributed by atoms with E-state index in [0.29, 0.717) is 29.4 Å². The molecule has 8 heteroatoms. The quantitative estimate of drug-likeness (QED) is 0.804. The Hall–Kier alpha value is -2.09. The van der Waals surface area contributed by atoms with Crippen LogP contribution in [-0.4, -0.2) is 33.6 Å². The van der Waals surface area contributed by atoms with Crippen molar-refractivity contribution < 1.29 is 17.9 Å². The van der Waals surface area contributed by atoms with Crippen molar-refractivity contribution >= 4 is 38.9 Å². The first-order valence-corrected chi connectivity index (χ1v) is 11.3. The summed E-state index contributed by atoms with van der Waals surface area (Å²) in [6.07, 6.45) is 1.97. The lowest BCUT2D eigenvalue weighted by Gasteiger charge is -2.21. The van der Waals surface area contributed by atoms with Crippen LogP contribution in [0.15, 0.2) is 42.5 Å². The summed E-state index contributed by atoms with van der Waals surface area (Å²) < 4.78 is 33.3. The van der Waals surface area contributed by atoms with Crippen LogP contribution in [0.1, 0.15) is 24.0 Å². The van der Waals surface area contributed by atoms with Crippen molar-refractivity contribution in [1.29, 1.82) is 0 Å². The second kappa shape index (κ2) is 7.73. The number of hydrogen-bond donors (Lipinski definition) is 1. The Morgan fingerprint density at radius 2 is 2.07 bits per heavy atom. The molecule has 2 aromatic rings. The fourth-order valence-electron chi connectivity index (χ4n) is 3.65. The van der Waals surface area contributed by atoms with Gasteiger partial charge in [-0.25, -0.2) is 8.42 Å². The molecule has 2 aliphatic rings. The van der Waals surface area contributed by atoms with Crippen LogP contribution < -0.4 is 9.62 Å². The fourth-order valence-corrected chi connectivity index (χ4v) is 5.15. The molecule has 0 radical (unpaired) electrons. The van der Waals surface area contributed by atoms with E-state index in [1.165, 1.54) is 0 Å². The molecule has 28 heavy (non-hydrogen) atoms. The van der Waals surface area contributed by atoms with E-state index in [1.54, 1.807) is 41.3 Å². The van der Waals surface area contributed by atoms with Crippen LogP contribution >= 0.6 is 11.6 Å². The molecule has 1 fully saturated rings. The number of rotatable bonds is 5. The standard InChI is InChI=1S/C20H21ClN2O4S/c21-17-5-2-1-4-15(17)13-28(25,26)22-16-8-7-14-9-10-23(18(14)12-16)20(24)19-6-3-11-27-19/h1-2,4-5,7-8,12,19,22H,3,6,9-11,13H2. The molecular weight excluding hydrogens is 400 g/mol.